The average molecular weight is 583 g/mol. The van der Waals surface area contributed by atoms with E-state index in [-0.39, 0.29) is 5.69 Å². The van der Waals surface area contributed by atoms with Crippen LogP contribution in [0.2, 0.25) is 0 Å². The Bertz CT molecular complexity index is 1440. The second-order valence-corrected chi connectivity index (χ2v) is 12.4. The Morgan fingerprint density at radius 2 is 1.60 bits per heavy atom. The first kappa shape index (κ1) is 29.3. The molecule has 3 aromatic carbocycles. The Morgan fingerprint density at radius 3 is 2.15 bits per heavy atom. The summed E-state index contributed by atoms with van der Waals surface area (Å²) in [5.41, 5.74) is 2.83. The Morgan fingerprint density at radius 1 is 1.00 bits per heavy atom. The van der Waals surface area contributed by atoms with Gasteiger partial charge >= 0.3 is 16.4 Å². The predicted octanol–water partition coefficient (Wildman–Crippen LogP) is 6.42. The molecule has 1 amide bonds. The summed E-state index contributed by atoms with van der Waals surface area (Å²) < 4.78 is 39.6. The molecule has 3 N–H and O–H groups in total. The largest absolute Gasteiger partial charge is 0.444 e. The zero-order valence-electron chi connectivity index (χ0n) is 22.9. The van der Waals surface area contributed by atoms with Crippen LogP contribution in [0.4, 0.5) is 16.2 Å². The smallest absolute Gasteiger partial charge is 0.410 e. The van der Waals surface area contributed by atoms with Crippen LogP contribution >= 0.6 is 11.8 Å². The number of ether oxygens (including phenoxy) is 1. The van der Waals surface area contributed by atoms with E-state index in [1.807, 2.05) is 86.8 Å². The lowest BCUT2D eigenvalue weighted by atomic mass is 10.1. The third kappa shape index (κ3) is 6.90. The number of alkyl carbamates (subject to hydrolysis) is 1. The zero-order valence-corrected chi connectivity index (χ0v) is 24.5. The fourth-order valence-corrected chi connectivity index (χ4v) is 6.03. The predicted molar refractivity (Wildman–Crippen MR) is 161 cm³/mol. The molecule has 0 aromatic heterocycles. The Labute approximate surface area is 240 Å². The number of rotatable bonds is 9. The molecule has 0 radical (unpaired) electrons. The number of para-hydroxylation sites is 1. The van der Waals surface area contributed by atoms with Crippen molar-refractivity contribution in [1.29, 1.82) is 0 Å². The van der Waals surface area contributed by atoms with Crippen LogP contribution in [0, 0.1) is 0 Å². The van der Waals surface area contributed by atoms with Gasteiger partial charge in [0, 0.05) is 23.1 Å². The molecular weight excluding hydrogens is 548 g/mol. The van der Waals surface area contributed by atoms with Crippen molar-refractivity contribution in [3.05, 3.63) is 101 Å². The minimum Gasteiger partial charge on any atom is -0.444 e. The van der Waals surface area contributed by atoms with E-state index in [0.717, 1.165) is 28.9 Å². The Balaban J connectivity index is 1.88. The molecule has 0 aliphatic carbocycles. The number of hydrogen-bond acceptors (Lipinski definition) is 7. The third-order valence-corrected chi connectivity index (χ3v) is 7.55. The quantitative estimate of drug-likeness (QED) is 0.248. The van der Waals surface area contributed by atoms with Crippen LogP contribution in [0.5, 0.6) is 0 Å². The fourth-order valence-electron chi connectivity index (χ4n) is 4.37. The summed E-state index contributed by atoms with van der Waals surface area (Å²) in [7, 11) is -4.41. The van der Waals surface area contributed by atoms with Gasteiger partial charge in [-0.3, -0.25) is 19.6 Å². The van der Waals surface area contributed by atoms with Gasteiger partial charge in [-0.1, -0.05) is 79.3 Å². The molecule has 9 nitrogen and oxygen atoms in total. The van der Waals surface area contributed by atoms with Gasteiger partial charge in [-0.25, -0.2) is 9.80 Å². The van der Waals surface area contributed by atoms with Crippen LogP contribution in [0.15, 0.2) is 90.3 Å². The van der Waals surface area contributed by atoms with Gasteiger partial charge in [-0.15, -0.1) is 0 Å². The van der Waals surface area contributed by atoms with Crippen LogP contribution in [0.1, 0.15) is 45.2 Å². The molecule has 4 rings (SSSR count). The number of carbonyl (C=O) groups is 1. The fraction of sp³-hybridized carbons (Fsp3) is 0.276. The lowest BCUT2D eigenvalue weighted by Gasteiger charge is -2.48. The van der Waals surface area contributed by atoms with Crippen LogP contribution in [0.3, 0.4) is 0 Å². The van der Waals surface area contributed by atoms with Crippen molar-refractivity contribution in [1.82, 2.24) is 10.3 Å². The number of anilines is 2. The highest BCUT2D eigenvalue weighted by Gasteiger charge is 2.49. The number of amides is 1. The van der Waals surface area contributed by atoms with E-state index < -0.39 is 27.0 Å². The molecule has 11 heteroatoms. The first-order chi connectivity index (χ1) is 18.9. The highest BCUT2D eigenvalue weighted by Crippen LogP contribution is 2.51. The summed E-state index contributed by atoms with van der Waals surface area (Å²) in [5.74, 6) is 0. The maximum absolute atomic E-state index is 13.4. The molecule has 40 heavy (non-hydrogen) atoms. The third-order valence-electron chi connectivity index (χ3n) is 5.86. The zero-order chi connectivity index (χ0) is 29.0. The molecule has 0 unspecified atom stereocenters. The highest BCUT2D eigenvalue weighted by molar-refractivity contribution is 8.03. The normalized spacial score (nSPS) is 17.2. The summed E-state index contributed by atoms with van der Waals surface area (Å²) in [4.78, 5) is 12.3. The molecule has 3 aromatic rings. The number of hydrogen-bond donors (Lipinski definition) is 3. The minimum absolute atomic E-state index is 0.221. The van der Waals surface area contributed by atoms with Crippen molar-refractivity contribution in [2.24, 2.45) is 0 Å². The van der Waals surface area contributed by atoms with Crippen LogP contribution in [-0.2, 0) is 20.0 Å². The summed E-state index contributed by atoms with van der Waals surface area (Å²) in [6.45, 7) is 8.18. The molecule has 1 heterocycles. The van der Waals surface area contributed by atoms with Gasteiger partial charge < -0.3 is 4.74 Å². The topological polar surface area (TPSA) is 111 Å². The van der Waals surface area contributed by atoms with Crippen molar-refractivity contribution >= 4 is 45.2 Å². The first-order valence-electron chi connectivity index (χ1n) is 12.8. The molecule has 1 aliphatic rings. The maximum Gasteiger partial charge on any atom is 0.410 e. The molecule has 1 atom stereocenters. The number of nitrogens with one attached hydrogen (secondary N) is 2. The summed E-state index contributed by atoms with van der Waals surface area (Å²) in [5, 5.41) is 9.33. The SMILES string of the molecule is CCCN(c1ccccc1)N1C(c2ccc(NS(=O)(=O)O)cc2)=CS[C@]1(NC(=O)OC(C)(C)C)c1ccccc1. The average Bonchev–Trinajstić information content (AvgIpc) is 3.26. The summed E-state index contributed by atoms with van der Waals surface area (Å²) >= 11 is 1.43. The van der Waals surface area contributed by atoms with E-state index in [0.29, 0.717) is 6.54 Å². The molecule has 1 aliphatic heterocycles. The van der Waals surface area contributed by atoms with Gasteiger partial charge in [0.2, 0.25) is 4.99 Å². The van der Waals surface area contributed by atoms with Crippen LogP contribution in [-0.4, -0.2) is 36.2 Å². The Kier molecular flexibility index (Phi) is 8.67. The first-order valence-corrected chi connectivity index (χ1v) is 15.2. The number of carbonyl (C=O) groups excluding carboxylic acids is 1. The molecule has 0 saturated carbocycles. The van der Waals surface area contributed by atoms with E-state index >= 15 is 0 Å². The molecule has 0 spiro atoms. The molecule has 0 bridgehead atoms. The van der Waals surface area contributed by atoms with Gasteiger partial charge in [0.05, 0.1) is 17.1 Å². The molecule has 212 valence electrons. The van der Waals surface area contributed by atoms with E-state index in [1.54, 1.807) is 24.3 Å². The maximum atomic E-state index is 13.4. The molecule has 0 fully saturated rings. The molecule has 0 saturated heterocycles. The van der Waals surface area contributed by atoms with E-state index in [2.05, 4.69) is 27.0 Å². The van der Waals surface area contributed by atoms with Gasteiger partial charge in [-0.05, 0) is 51.5 Å². The number of benzene rings is 3. The minimum atomic E-state index is -4.41. The van der Waals surface area contributed by atoms with Crippen molar-refractivity contribution < 1.29 is 22.5 Å². The second kappa shape index (κ2) is 11.8. The van der Waals surface area contributed by atoms with Gasteiger partial charge in [0.1, 0.15) is 5.60 Å². The number of nitrogens with zero attached hydrogens (tertiary/aromatic N) is 2. The van der Waals surface area contributed by atoms with E-state index in [9.17, 15) is 17.8 Å². The Hall–Kier alpha value is -3.67. The number of hydrazine groups is 1. The summed E-state index contributed by atoms with van der Waals surface area (Å²) in [6, 6.07) is 26.3. The van der Waals surface area contributed by atoms with Crippen molar-refractivity contribution in [2.75, 3.05) is 16.3 Å². The number of thioether (sulfide) groups is 1. The van der Waals surface area contributed by atoms with E-state index in [4.69, 9.17) is 4.74 Å². The van der Waals surface area contributed by atoms with Gasteiger partial charge in [-0.2, -0.15) is 8.42 Å². The standard InChI is InChI=1S/C29H34N4O5S2/c1-5-20-32(25-14-10-7-11-15-25)33-26(22-16-18-24(19-17-22)31-40(35,36)37)21-39-29(33,23-12-8-6-9-13-23)30-27(34)38-28(2,3)4/h6-19,21,31H,5,20H2,1-4H3,(H,30,34)(H,35,36,37)/t29-/m0/s1. The van der Waals surface area contributed by atoms with Gasteiger partial charge in [0.25, 0.3) is 0 Å². The second-order valence-electron chi connectivity index (χ2n) is 10.2. The van der Waals surface area contributed by atoms with Crippen molar-refractivity contribution in [3.63, 3.8) is 0 Å². The van der Waals surface area contributed by atoms with E-state index in [1.165, 1.54) is 11.8 Å². The van der Waals surface area contributed by atoms with Crippen LogP contribution in [0.25, 0.3) is 5.70 Å². The summed E-state index contributed by atoms with van der Waals surface area (Å²) in [6.07, 6.45) is 0.249. The van der Waals surface area contributed by atoms with Crippen molar-refractivity contribution in [2.45, 2.75) is 44.7 Å². The van der Waals surface area contributed by atoms with Gasteiger partial charge in [0.15, 0.2) is 0 Å². The van der Waals surface area contributed by atoms with Crippen molar-refractivity contribution in [3.8, 4) is 0 Å². The monoisotopic (exact) mass is 582 g/mol. The highest BCUT2D eigenvalue weighted by atomic mass is 32.2. The molecular formula is C29H34N4O5S2. The lowest BCUT2D eigenvalue weighted by Crippen LogP contribution is -2.60. The lowest BCUT2D eigenvalue weighted by molar-refractivity contribution is 0.0419. The van der Waals surface area contributed by atoms with Crippen LogP contribution < -0.4 is 15.0 Å².